The molecule has 6 heteroatoms. The highest BCUT2D eigenvalue weighted by Crippen LogP contribution is 2.04. The molecule has 1 aliphatic heterocycles. The third kappa shape index (κ3) is 5.63. The van der Waals surface area contributed by atoms with Crippen LogP contribution in [-0.4, -0.2) is 81.5 Å². The summed E-state index contributed by atoms with van der Waals surface area (Å²) >= 11 is 5.19. The van der Waals surface area contributed by atoms with E-state index in [9.17, 15) is 0 Å². The molecule has 1 saturated heterocycles. The lowest BCUT2D eigenvalue weighted by atomic mass is 10.2. The number of ether oxygens (including phenoxy) is 1. The molecule has 17 heavy (non-hydrogen) atoms. The number of rotatable bonds is 5. The monoisotopic (exact) mass is 260 g/mol. The zero-order valence-electron chi connectivity index (χ0n) is 11.0. The standard InChI is InChI=1S/C11H24N4OS/c1-14-5-6-15(2)10(9-14)8-13-11(17)12-4-7-16-3/h10H,4-9H2,1-3H3,(H2,12,13,17). The largest absolute Gasteiger partial charge is 0.383 e. The van der Waals surface area contributed by atoms with Crippen molar-refractivity contribution >= 4 is 17.3 Å². The summed E-state index contributed by atoms with van der Waals surface area (Å²) in [6.45, 7) is 5.66. The molecule has 1 unspecified atom stereocenters. The van der Waals surface area contributed by atoms with Gasteiger partial charge >= 0.3 is 0 Å². The van der Waals surface area contributed by atoms with Crippen LogP contribution < -0.4 is 10.6 Å². The van der Waals surface area contributed by atoms with Crippen molar-refractivity contribution in [2.75, 3.05) is 60.5 Å². The van der Waals surface area contributed by atoms with Gasteiger partial charge in [0.25, 0.3) is 0 Å². The molecule has 0 amide bonds. The first-order chi connectivity index (χ1) is 8.13. The van der Waals surface area contributed by atoms with Crippen molar-refractivity contribution < 1.29 is 4.74 Å². The van der Waals surface area contributed by atoms with E-state index in [-0.39, 0.29) is 0 Å². The Labute approximate surface area is 109 Å². The second-order valence-electron chi connectivity index (χ2n) is 4.53. The predicted octanol–water partition coefficient (Wildman–Crippen LogP) is -0.657. The van der Waals surface area contributed by atoms with Gasteiger partial charge in [-0.05, 0) is 26.3 Å². The van der Waals surface area contributed by atoms with Crippen LogP contribution in [0.4, 0.5) is 0 Å². The van der Waals surface area contributed by atoms with Gasteiger partial charge in [0.1, 0.15) is 0 Å². The van der Waals surface area contributed by atoms with Crippen LogP contribution in [0.5, 0.6) is 0 Å². The van der Waals surface area contributed by atoms with Gasteiger partial charge < -0.3 is 20.3 Å². The maximum absolute atomic E-state index is 5.19. The molecule has 0 spiro atoms. The Hall–Kier alpha value is -0.430. The summed E-state index contributed by atoms with van der Waals surface area (Å²) in [5.74, 6) is 0. The maximum atomic E-state index is 5.19. The molecule has 2 N–H and O–H groups in total. The molecule has 0 aromatic rings. The van der Waals surface area contributed by atoms with Crippen molar-refractivity contribution in [1.29, 1.82) is 0 Å². The Bertz CT molecular complexity index is 240. The van der Waals surface area contributed by atoms with E-state index in [0.717, 1.165) is 32.7 Å². The van der Waals surface area contributed by atoms with Crippen LogP contribution in [0.15, 0.2) is 0 Å². The number of thiocarbonyl (C=S) groups is 1. The SMILES string of the molecule is COCCNC(=S)NCC1CN(C)CCN1C. The fraction of sp³-hybridized carbons (Fsp3) is 0.909. The number of piperazine rings is 1. The second kappa shape index (κ2) is 7.81. The molecule has 1 rings (SSSR count). The molecule has 1 heterocycles. The summed E-state index contributed by atoms with van der Waals surface area (Å²) in [4.78, 5) is 4.73. The topological polar surface area (TPSA) is 39.8 Å². The summed E-state index contributed by atoms with van der Waals surface area (Å²) in [6.07, 6.45) is 0. The minimum absolute atomic E-state index is 0.524. The minimum Gasteiger partial charge on any atom is -0.383 e. The van der Waals surface area contributed by atoms with Crippen molar-refractivity contribution in [3.63, 3.8) is 0 Å². The average Bonchev–Trinajstić information content (AvgIpc) is 2.31. The first-order valence-corrected chi connectivity index (χ1v) is 6.43. The predicted molar refractivity (Wildman–Crippen MR) is 74.4 cm³/mol. The van der Waals surface area contributed by atoms with E-state index in [1.165, 1.54) is 0 Å². The first kappa shape index (κ1) is 14.6. The highest BCUT2D eigenvalue weighted by molar-refractivity contribution is 7.80. The maximum Gasteiger partial charge on any atom is 0.166 e. The van der Waals surface area contributed by atoms with Crippen LogP contribution >= 0.6 is 12.2 Å². The zero-order valence-corrected chi connectivity index (χ0v) is 11.8. The van der Waals surface area contributed by atoms with E-state index in [0.29, 0.717) is 17.8 Å². The lowest BCUT2D eigenvalue weighted by molar-refractivity contribution is 0.116. The van der Waals surface area contributed by atoms with E-state index < -0.39 is 0 Å². The highest BCUT2D eigenvalue weighted by atomic mass is 32.1. The van der Waals surface area contributed by atoms with Gasteiger partial charge in [-0.2, -0.15) is 0 Å². The normalized spacial score (nSPS) is 22.4. The molecular weight excluding hydrogens is 236 g/mol. The third-order valence-electron chi connectivity index (χ3n) is 3.07. The van der Waals surface area contributed by atoms with Gasteiger partial charge in [0.15, 0.2) is 5.11 Å². The van der Waals surface area contributed by atoms with Crippen LogP contribution in [-0.2, 0) is 4.74 Å². The molecule has 1 fully saturated rings. The second-order valence-corrected chi connectivity index (χ2v) is 4.93. The highest BCUT2D eigenvalue weighted by Gasteiger charge is 2.21. The quantitative estimate of drug-likeness (QED) is 0.505. The van der Waals surface area contributed by atoms with Crippen molar-refractivity contribution in [3.8, 4) is 0 Å². The van der Waals surface area contributed by atoms with E-state index in [1.807, 2.05) is 0 Å². The van der Waals surface area contributed by atoms with Crippen molar-refractivity contribution in [2.45, 2.75) is 6.04 Å². The number of nitrogens with one attached hydrogen (secondary N) is 2. The molecule has 1 aliphatic rings. The summed E-state index contributed by atoms with van der Waals surface area (Å²) in [6, 6.07) is 0.524. The van der Waals surface area contributed by atoms with Gasteiger partial charge in [-0.15, -0.1) is 0 Å². The van der Waals surface area contributed by atoms with E-state index in [1.54, 1.807) is 7.11 Å². The number of hydrogen-bond acceptors (Lipinski definition) is 4. The minimum atomic E-state index is 0.524. The summed E-state index contributed by atoms with van der Waals surface area (Å²) in [7, 11) is 6.01. The zero-order chi connectivity index (χ0) is 12.7. The molecule has 0 aliphatic carbocycles. The Morgan fingerprint density at radius 3 is 2.82 bits per heavy atom. The average molecular weight is 260 g/mol. The van der Waals surface area contributed by atoms with Crippen LogP contribution in [0.25, 0.3) is 0 Å². The van der Waals surface area contributed by atoms with Crippen molar-refractivity contribution in [1.82, 2.24) is 20.4 Å². The molecule has 5 nitrogen and oxygen atoms in total. The number of methoxy groups -OCH3 is 1. The molecule has 100 valence electrons. The fourth-order valence-electron chi connectivity index (χ4n) is 1.86. The van der Waals surface area contributed by atoms with Gasteiger partial charge in [0, 0.05) is 45.9 Å². The number of likely N-dealkylation sites (N-methyl/N-ethyl adjacent to an activating group) is 2. The van der Waals surface area contributed by atoms with Crippen LogP contribution in [0.1, 0.15) is 0 Å². The van der Waals surface area contributed by atoms with Crippen LogP contribution in [0.2, 0.25) is 0 Å². The van der Waals surface area contributed by atoms with Crippen LogP contribution in [0.3, 0.4) is 0 Å². The third-order valence-corrected chi connectivity index (χ3v) is 3.36. The van der Waals surface area contributed by atoms with E-state index >= 15 is 0 Å². The summed E-state index contributed by atoms with van der Waals surface area (Å²) < 4.78 is 4.95. The van der Waals surface area contributed by atoms with Crippen molar-refractivity contribution in [3.05, 3.63) is 0 Å². The molecular formula is C11H24N4OS. The molecule has 0 bridgehead atoms. The van der Waals surface area contributed by atoms with Gasteiger partial charge in [-0.1, -0.05) is 0 Å². The Morgan fingerprint density at radius 1 is 1.35 bits per heavy atom. The Morgan fingerprint density at radius 2 is 2.12 bits per heavy atom. The number of nitrogens with zero attached hydrogens (tertiary/aromatic N) is 2. The fourth-order valence-corrected chi connectivity index (χ4v) is 2.05. The molecule has 0 radical (unpaired) electrons. The number of hydrogen-bond donors (Lipinski definition) is 2. The molecule has 0 aromatic carbocycles. The van der Waals surface area contributed by atoms with Gasteiger partial charge in [0.05, 0.1) is 6.61 Å². The van der Waals surface area contributed by atoms with E-state index in [2.05, 4.69) is 34.5 Å². The smallest absolute Gasteiger partial charge is 0.166 e. The molecule has 1 atom stereocenters. The Balaban J connectivity index is 2.17. The summed E-state index contributed by atoms with van der Waals surface area (Å²) in [5, 5.41) is 7.08. The Kier molecular flexibility index (Phi) is 6.72. The van der Waals surface area contributed by atoms with Gasteiger partial charge in [0.2, 0.25) is 0 Å². The lowest BCUT2D eigenvalue weighted by Crippen LogP contribution is -2.55. The van der Waals surface area contributed by atoms with Gasteiger partial charge in [-0.25, -0.2) is 0 Å². The van der Waals surface area contributed by atoms with Gasteiger partial charge in [-0.3, -0.25) is 4.90 Å². The van der Waals surface area contributed by atoms with E-state index in [4.69, 9.17) is 17.0 Å². The van der Waals surface area contributed by atoms with Crippen molar-refractivity contribution in [2.24, 2.45) is 0 Å². The molecule has 0 aromatic heterocycles. The lowest BCUT2D eigenvalue weighted by Gasteiger charge is -2.37. The molecule has 0 saturated carbocycles. The first-order valence-electron chi connectivity index (χ1n) is 6.03. The van der Waals surface area contributed by atoms with Crippen LogP contribution in [0, 0.1) is 0 Å². The summed E-state index contributed by atoms with van der Waals surface area (Å²) in [5.41, 5.74) is 0.